The predicted molar refractivity (Wildman–Crippen MR) is 48.6 cm³/mol. The molecule has 1 heterocycles. The highest BCUT2D eigenvalue weighted by Crippen LogP contribution is 2.05. The molecule has 12 heavy (non-hydrogen) atoms. The number of hydrogen-bond acceptors (Lipinski definition) is 2. The summed E-state index contributed by atoms with van der Waals surface area (Å²) in [6.07, 6.45) is 0. The zero-order valence-corrected chi connectivity index (χ0v) is 7.76. The Balaban J connectivity index is 2.51. The van der Waals surface area contributed by atoms with Crippen LogP contribution in [0.25, 0.3) is 0 Å². The number of carbonyl (C=O) groups is 1. The number of carbonyl (C=O) groups excluding carboxylic acids is 1. The Labute approximate surface area is 73.4 Å². The highest BCUT2D eigenvalue weighted by molar-refractivity contribution is 5.78. The van der Waals surface area contributed by atoms with Gasteiger partial charge in [0.25, 0.3) is 0 Å². The lowest BCUT2D eigenvalue weighted by atomic mass is 10.1. The van der Waals surface area contributed by atoms with Gasteiger partial charge in [-0.05, 0) is 0 Å². The van der Waals surface area contributed by atoms with E-state index in [1.165, 1.54) is 0 Å². The number of hydrogen-bond donors (Lipinski definition) is 1. The van der Waals surface area contributed by atoms with Crippen molar-refractivity contribution in [2.45, 2.75) is 13.8 Å². The van der Waals surface area contributed by atoms with Gasteiger partial charge in [-0.25, -0.2) is 0 Å². The number of amides is 1. The van der Waals surface area contributed by atoms with Crippen molar-refractivity contribution >= 4 is 5.91 Å². The summed E-state index contributed by atoms with van der Waals surface area (Å²) in [5.74, 6) is 0.313. The van der Waals surface area contributed by atoms with E-state index >= 15 is 0 Å². The number of nitrogens with one attached hydrogen (secondary N) is 1. The fraction of sp³-hybridized carbons (Fsp3) is 0.667. The molecule has 1 N–H and O–H groups in total. The molecule has 3 heteroatoms. The Kier molecular flexibility index (Phi) is 2.74. The fourth-order valence-corrected chi connectivity index (χ4v) is 1.29. The third kappa shape index (κ3) is 2.00. The number of piperazine rings is 1. The standard InChI is InChI=1S/C9H16N2O/c1-7(2)9(12)11-5-4-10-8(3)6-11/h7,10H,3-6H2,1-2H3. The number of nitrogens with zero attached hydrogens (tertiary/aromatic N) is 1. The van der Waals surface area contributed by atoms with Gasteiger partial charge in [0, 0.05) is 24.7 Å². The van der Waals surface area contributed by atoms with Gasteiger partial charge >= 0.3 is 0 Å². The molecule has 1 rings (SSSR count). The largest absolute Gasteiger partial charge is 0.386 e. The molecular weight excluding hydrogens is 152 g/mol. The maximum atomic E-state index is 11.5. The lowest BCUT2D eigenvalue weighted by molar-refractivity contribution is -0.134. The molecule has 68 valence electrons. The topological polar surface area (TPSA) is 32.3 Å². The second kappa shape index (κ2) is 3.61. The van der Waals surface area contributed by atoms with Crippen molar-refractivity contribution in [2.24, 2.45) is 5.92 Å². The van der Waals surface area contributed by atoms with E-state index in [1.54, 1.807) is 0 Å². The first-order valence-corrected chi connectivity index (χ1v) is 4.31. The minimum atomic E-state index is 0.0934. The molecule has 0 radical (unpaired) electrons. The van der Waals surface area contributed by atoms with E-state index in [9.17, 15) is 4.79 Å². The summed E-state index contributed by atoms with van der Waals surface area (Å²) < 4.78 is 0. The first-order chi connectivity index (χ1) is 5.61. The van der Waals surface area contributed by atoms with Crippen LogP contribution in [0.2, 0.25) is 0 Å². The molecule has 0 aromatic carbocycles. The Bertz CT molecular complexity index is 199. The smallest absolute Gasteiger partial charge is 0.225 e. The average Bonchev–Trinajstić information content (AvgIpc) is 2.03. The van der Waals surface area contributed by atoms with Crippen molar-refractivity contribution in [1.82, 2.24) is 10.2 Å². The van der Waals surface area contributed by atoms with Crippen LogP contribution in [-0.4, -0.2) is 30.4 Å². The molecule has 0 aliphatic carbocycles. The molecule has 0 bridgehead atoms. The van der Waals surface area contributed by atoms with Crippen molar-refractivity contribution in [3.05, 3.63) is 12.3 Å². The van der Waals surface area contributed by atoms with E-state index in [2.05, 4.69) is 11.9 Å². The summed E-state index contributed by atoms with van der Waals surface area (Å²) in [4.78, 5) is 13.4. The van der Waals surface area contributed by atoms with E-state index < -0.39 is 0 Å². The van der Waals surface area contributed by atoms with E-state index in [0.29, 0.717) is 6.54 Å². The Morgan fingerprint density at radius 3 is 2.83 bits per heavy atom. The van der Waals surface area contributed by atoms with E-state index in [4.69, 9.17) is 0 Å². The molecule has 1 aliphatic rings. The molecule has 0 unspecified atom stereocenters. The van der Waals surface area contributed by atoms with Crippen molar-refractivity contribution in [3.63, 3.8) is 0 Å². The molecule has 1 saturated heterocycles. The summed E-state index contributed by atoms with van der Waals surface area (Å²) in [6, 6.07) is 0. The molecule has 3 nitrogen and oxygen atoms in total. The van der Waals surface area contributed by atoms with Crippen LogP contribution < -0.4 is 5.32 Å². The van der Waals surface area contributed by atoms with E-state index in [1.807, 2.05) is 18.7 Å². The third-order valence-corrected chi connectivity index (χ3v) is 1.94. The normalized spacial score (nSPS) is 17.9. The molecule has 0 aromatic rings. The highest BCUT2D eigenvalue weighted by atomic mass is 16.2. The minimum absolute atomic E-state index is 0.0934. The fourth-order valence-electron chi connectivity index (χ4n) is 1.29. The van der Waals surface area contributed by atoms with Gasteiger partial charge in [-0.15, -0.1) is 0 Å². The van der Waals surface area contributed by atoms with Gasteiger partial charge in [0.15, 0.2) is 0 Å². The second-order valence-electron chi connectivity index (χ2n) is 3.44. The van der Waals surface area contributed by atoms with Crippen LogP contribution in [0.15, 0.2) is 12.3 Å². The van der Waals surface area contributed by atoms with E-state index in [-0.39, 0.29) is 11.8 Å². The maximum absolute atomic E-state index is 11.5. The highest BCUT2D eigenvalue weighted by Gasteiger charge is 2.19. The van der Waals surface area contributed by atoms with Gasteiger partial charge in [-0.1, -0.05) is 20.4 Å². The van der Waals surface area contributed by atoms with Crippen LogP contribution in [0, 0.1) is 5.92 Å². The Morgan fingerprint density at radius 1 is 1.67 bits per heavy atom. The Hall–Kier alpha value is -0.990. The van der Waals surface area contributed by atoms with Crippen LogP contribution >= 0.6 is 0 Å². The van der Waals surface area contributed by atoms with Gasteiger partial charge in [0.1, 0.15) is 0 Å². The van der Waals surface area contributed by atoms with Gasteiger partial charge in [-0.2, -0.15) is 0 Å². The predicted octanol–water partition coefficient (Wildman–Crippen LogP) is 0.588. The van der Waals surface area contributed by atoms with Gasteiger partial charge in [-0.3, -0.25) is 4.79 Å². The summed E-state index contributed by atoms with van der Waals surface area (Å²) in [6.45, 7) is 9.94. The SMILES string of the molecule is C=C1CN(C(=O)C(C)C)CCN1. The molecule has 0 saturated carbocycles. The molecular formula is C9H16N2O. The van der Waals surface area contributed by atoms with Crippen LogP contribution in [0.4, 0.5) is 0 Å². The van der Waals surface area contributed by atoms with Crippen LogP contribution in [0.3, 0.4) is 0 Å². The molecule has 0 spiro atoms. The lowest BCUT2D eigenvalue weighted by Gasteiger charge is -2.30. The summed E-state index contributed by atoms with van der Waals surface area (Å²) in [5, 5.41) is 3.12. The van der Waals surface area contributed by atoms with Crippen molar-refractivity contribution < 1.29 is 4.79 Å². The summed E-state index contributed by atoms with van der Waals surface area (Å²) in [7, 11) is 0. The molecule has 1 fully saturated rings. The minimum Gasteiger partial charge on any atom is -0.386 e. The Morgan fingerprint density at radius 2 is 2.33 bits per heavy atom. The first kappa shape index (κ1) is 9.10. The molecule has 0 atom stereocenters. The van der Waals surface area contributed by atoms with Crippen molar-refractivity contribution in [3.8, 4) is 0 Å². The summed E-state index contributed by atoms with van der Waals surface area (Å²) in [5.41, 5.74) is 0.940. The zero-order chi connectivity index (χ0) is 9.14. The second-order valence-corrected chi connectivity index (χ2v) is 3.44. The average molecular weight is 168 g/mol. The molecule has 1 aliphatic heterocycles. The zero-order valence-electron chi connectivity index (χ0n) is 7.76. The van der Waals surface area contributed by atoms with Crippen molar-refractivity contribution in [1.29, 1.82) is 0 Å². The van der Waals surface area contributed by atoms with Crippen LogP contribution in [0.1, 0.15) is 13.8 Å². The van der Waals surface area contributed by atoms with Crippen LogP contribution in [-0.2, 0) is 4.79 Å². The number of rotatable bonds is 1. The van der Waals surface area contributed by atoms with Gasteiger partial charge in [0.2, 0.25) is 5.91 Å². The lowest BCUT2D eigenvalue weighted by Crippen LogP contribution is -2.46. The van der Waals surface area contributed by atoms with Crippen LogP contribution in [0.5, 0.6) is 0 Å². The quantitative estimate of drug-likeness (QED) is 0.621. The summed E-state index contributed by atoms with van der Waals surface area (Å²) >= 11 is 0. The van der Waals surface area contributed by atoms with Gasteiger partial charge in [0.05, 0.1) is 6.54 Å². The monoisotopic (exact) mass is 168 g/mol. The van der Waals surface area contributed by atoms with Gasteiger partial charge < -0.3 is 10.2 Å². The first-order valence-electron chi connectivity index (χ1n) is 4.31. The maximum Gasteiger partial charge on any atom is 0.225 e. The van der Waals surface area contributed by atoms with E-state index in [0.717, 1.165) is 18.8 Å². The van der Waals surface area contributed by atoms with Crippen molar-refractivity contribution in [2.75, 3.05) is 19.6 Å². The third-order valence-electron chi connectivity index (χ3n) is 1.94. The molecule has 1 amide bonds. The molecule has 0 aromatic heterocycles.